The third kappa shape index (κ3) is 2.12. The maximum atomic E-state index is 14.8. The minimum atomic E-state index is -3.08. The molecule has 0 amide bonds. The van der Waals surface area contributed by atoms with Crippen LogP contribution in [0.1, 0.15) is 27.1 Å². The Labute approximate surface area is 121 Å². The molecule has 0 aromatic heterocycles. The van der Waals surface area contributed by atoms with Gasteiger partial charge in [0.1, 0.15) is 0 Å². The molecule has 2 rings (SSSR count). The number of nitrogens with zero attached hydrogens (tertiary/aromatic N) is 1. The number of carbonyl (C=O) groups is 2. The summed E-state index contributed by atoms with van der Waals surface area (Å²) in [6, 6.07) is 0. The number of fused-ring (bicyclic) bond motifs is 1. The molecule has 1 aromatic rings. The second kappa shape index (κ2) is 5.40. The summed E-state index contributed by atoms with van der Waals surface area (Å²) in [5, 5.41) is 8.76. The first kappa shape index (κ1) is 16.5. The normalized spacial score (nSPS) is 21.5. The third-order valence-electron chi connectivity index (χ3n) is 3.56. The van der Waals surface area contributed by atoms with Gasteiger partial charge in [0.05, 0.1) is 24.2 Å². The van der Waals surface area contributed by atoms with Gasteiger partial charge in [-0.1, -0.05) is 0 Å². The number of rotatable bonds is 3. The number of ketones is 2. The van der Waals surface area contributed by atoms with Crippen LogP contribution in [-0.2, 0) is 0 Å². The molecule has 4 nitrogen and oxygen atoms in total. The van der Waals surface area contributed by atoms with Gasteiger partial charge in [-0.05, 0) is 7.05 Å². The van der Waals surface area contributed by atoms with Crippen molar-refractivity contribution in [3.05, 3.63) is 34.4 Å². The molecule has 9 heteroatoms. The highest BCUT2D eigenvalue weighted by Crippen LogP contribution is 2.37. The van der Waals surface area contributed by atoms with E-state index in [1.807, 2.05) is 0 Å². The van der Waals surface area contributed by atoms with Gasteiger partial charge in [-0.2, -0.15) is 0 Å². The van der Waals surface area contributed by atoms with Crippen LogP contribution in [0.5, 0.6) is 0 Å². The van der Waals surface area contributed by atoms with Crippen LogP contribution in [0.15, 0.2) is 0 Å². The Morgan fingerprint density at radius 1 is 1.05 bits per heavy atom. The second-order valence-corrected chi connectivity index (χ2v) is 4.84. The van der Waals surface area contributed by atoms with Gasteiger partial charge in [0, 0.05) is 6.54 Å². The molecule has 0 radical (unpaired) electrons. The summed E-state index contributed by atoms with van der Waals surface area (Å²) in [7, 11) is 1.03. The van der Waals surface area contributed by atoms with E-state index in [1.165, 1.54) is 0 Å². The fourth-order valence-corrected chi connectivity index (χ4v) is 2.32. The van der Waals surface area contributed by atoms with Gasteiger partial charge >= 0.3 is 0 Å². The van der Waals surface area contributed by atoms with E-state index in [-0.39, 0.29) is 0 Å². The fraction of sp³-hybridized carbons (Fsp3) is 0.385. The number of hydrogen-bond donors (Lipinski definition) is 1. The van der Waals surface area contributed by atoms with E-state index in [1.54, 1.807) is 0 Å². The number of benzene rings is 1. The van der Waals surface area contributed by atoms with Gasteiger partial charge in [0.15, 0.2) is 29.1 Å². The fourth-order valence-electron chi connectivity index (χ4n) is 2.32. The zero-order valence-electron chi connectivity index (χ0n) is 11.2. The number of likely N-dealkylation sites (N-methyl/N-ethyl adjacent to an activating group) is 1. The zero-order valence-corrected chi connectivity index (χ0v) is 11.2. The average molecular weight is 323 g/mol. The SMILES string of the molecule is CN(CCO)C1(F)CC(=O)c2c(F)c(F)c(F)c(F)c2C1=O. The molecule has 1 atom stereocenters. The molecule has 120 valence electrons. The molecule has 0 bridgehead atoms. The minimum Gasteiger partial charge on any atom is -0.395 e. The lowest BCUT2D eigenvalue weighted by Gasteiger charge is -2.36. The number of halogens is 5. The average Bonchev–Trinajstić information content (AvgIpc) is 2.46. The van der Waals surface area contributed by atoms with Crippen LogP contribution in [0.25, 0.3) is 0 Å². The summed E-state index contributed by atoms with van der Waals surface area (Å²) >= 11 is 0. The zero-order chi connectivity index (χ0) is 16.8. The van der Waals surface area contributed by atoms with E-state index in [2.05, 4.69) is 0 Å². The van der Waals surface area contributed by atoms with Crippen molar-refractivity contribution in [3.63, 3.8) is 0 Å². The van der Waals surface area contributed by atoms with Crippen molar-refractivity contribution in [2.45, 2.75) is 12.2 Å². The number of hydrogen-bond acceptors (Lipinski definition) is 4. The van der Waals surface area contributed by atoms with Gasteiger partial charge in [-0.25, -0.2) is 22.0 Å². The summed E-state index contributed by atoms with van der Waals surface area (Å²) in [6.07, 6.45) is -1.20. The van der Waals surface area contributed by atoms with Crippen LogP contribution >= 0.6 is 0 Å². The van der Waals surface area contributed by atoms with Gasteiger partial charge < -0.3 is 5.11 Å². The number of carbonyl (C=O) groups excluding carboxylic acids is 2. The Kier molecular flexibility index (Phi) is 4.05. The van der Waals surface area contributed by atoms with E-state index in [4.69, 9.17) is 5.11 Å². The van der Waals surface area contributed by atoms with E-state index in [0.717, 1.165) is 7.05 Å². The van der Waals surface area contributed by atoms with Crippen molar-refractivity contribution in [1.29, 1.82) is 0 Å². The highest BCUT2D eigenvalue weighted by molar-refractivity contribution is 6.18. The van der Waals surface area contributed by atoms with Gasteiger partial charge in [0.2, 0.25) is 11.6 Å². The topological polar surface area (TPSA) is 57.6 Å². The Hall–Kier alpha value is -1.87. The molecule has 1 aromatic carbocycles. The van der Waals surface area contributed by atoms with E-state index in [0.29, 0.717) is 4.90 Å². The number of aliphatic hydroxyl groups excluding tert-OH is 1. The highest BCUT2D eigenvalue weighted by atomic mass is 19.2. The molecule has 22 heavy (non-hydrogen) atoms. The van der Waals surface area contributed by atoms with Crippen LogP contribution < -0.4 is 0 Å². The molecule has 0 fully saturated rings. The monoisotopic (exact) mass is 323 g/mol. The van der Waals surface area contributed by atoms with E-state index < -0.39 is 71.3 Å². The van der Waals surface area contributed by atoms with Crippen molar-refractivity contribution < 1.29 is 36.6 Å². The van der Waals surface area contributed by atoms with Crippen molar-refractivity contribution >= 4 is 11.6 Å². The summed E-state index contributed by atoms with van der Waals surface area (Å²) < 4.78 is 68.5. The van der Waals surface area contributed by atoms with Crippen molar-refractivity contribution in [2.75, 3.05) is 20.2 Å². The molecular weight excluding hydrogens is 313 g/mol. The van der Waals surface area contributed by atoms with Crippen molar-refractivity contribution in [1.82, 2.24) is 4.90 Å². The summed E-state index contributed by atoms with van der Waals surface area (Å²) in [4.78, 5) is 24.5. The Balaban J connectivity index is 2.71. The quantitative estimate of drug-likeness (QED) is 0.397. The van der Waals surface area contributed by atoms with Crippen LogP contribution in [0.4, 0.5) is 22.0 Å². The summed E-state index contributed by atoms with van der Waals surface area (Å²) in [6.45, 7) is -0.969. The lowest BCUT2D eigenvalue weighted by molar-refractivity contribution is -0.0130. The molecular formula is C13H10F5NO3. The highest BCUT2D eigenvalue weighted by Gasteiger charge is 2.52. The van der Waals surface area contributed by atoms with Crippen LogP contribution in [0.3, 0.4) is 0 Å². The van der Waals surface area contributed by atoms with E-state index >= 15 is 0 Å². The molecule has 1 N–H and O–H groups in total. The lowest BCUT2D eigenvalue weighted by Crippen LogP contribution is -2.54. The smallest absolute Gasteiger partial charge is 0.234 e. The van der Waals surface area contributed by atoms with Crippen molar-refractivity contribution in [3.8, 4) is 0 Å². The summed E-state index contributed by atoms with van der Waals surface area (Å²) in [5.74, 6) is -14.8. The molecule has 1 aliphatic carbocycles. The number of alkyl halides is 1. The maximum Gasteiger partial charge on any atom is 0.234 e. The van der Waals surface area contributed by atoms with Gasteiger partial charge in [-0.3, -0.25) is 14.5 Å². The van der Waals surface area contributed by atoms with Gasteiger partial charge in [-0.15, -0.1) is 0 Å². The Morgan fingerprint density at radius 2 is 1.55 bits per heavy atom. The minimum absolute atomic E-state index is 0.390. The first-order valence-corrected chi connectivity index (χ1v) is 6.11. The molecule has 0 spiro atoms. The Bertz CT molecular complexity index is 678. The molecule has 0 heterocycles. The van der Waals surface area contributed by atoms with Crippen LogP contribution in [-0.4, -0.2) is 47.6 Å². The molecule has 0 saturated heterocycles. The third-order valence-corrected chi connectivity index (χ3v) is 3.56. The Morgan fingerprint density at radius 3 is 2.05 bits per heavy atom. The van der Waals surface area contributed by atoms with Crippen molar-refractivity contribution in [2.24, 2.45) is 0 Å². The summed E-state index contributed by atoms with van der Waals surface area (Å²) in [5.41, 5.74) is -2.76. The standard InChI is InChI=1S/C13H10F5NO3/c1-19(2-3-20)13(18)4-5(21)6-7(12(13)22)9(15)11(17)10(16)8(6)14/h20H,2-4H2,1H3. The first-order chi connectivity index (χ1) is 10.2. The van der Waals surface area contributed by atoms with E-state index in [9.17, 15) is 31.5 Å². The molecule has 1 aliphatic rings. The number of Topliss-reactive ketones (excluding diaryl/α,β-unsaturated/α-hetero) is 2. The number of aliphatic hydroxyl groups is 1. The van der Waals surface area contributed by atoms with Crippen LogP contribution in [0, 0.1) is 23.3 Å². The molecule has 0 saturated carbocycles. The predicted molar refractivity (Wildman–Crippen MR) is 63.1 cm³/mol. The molecule has 1 unspecified atom stereocenters. The second-order valence-electron chi connectivity index (χ2n) is 4.84. The predicted octanol–water partition coefficient (Wildman–Crippen LogP) is 1.60. The lowest BCUT2D eigenvalue weighted by atomic mass is 9.82. The van der Waals surface area contributed by atoms with Gasteiger partial charge in [0.25, 0.3) is 0 Å². The van der Waals surface area contributed by atoms with Crippen LogP contribution in [0.2, 0.25) is 0 Å². The first-order valence-electron chi connectivity index (χ1n) is 6.11. The largest absolute Gasteiger partial charge is 0.395 e. The maximum absolute atomic E-state index is 14.8. The molecule has 0 aliphatic heterocycles.